The topological polar surface area (TPSA) is 66.6 Å². The van der Waals surface area contributed by atoms with Crippen LogP contribution in [0.1, 0.15) is 5.56 Å². The molecule has 0 spiro atoms. The highest BCUT2D eigenvalue weighted by Crippen LogP contribution is 2.32. The number of hydrogen-bond acceptors (Lipinski definition) is 3. The normalized spacial score (nSPS) is 20.9. The quantitative estimate of drug-likeness (QED) is 0.630. The van der Waals surface area contributed by atoms with Crippen LogP contribution in [-0.2, 0) is 11.2 Å². The van der Waals surface area contributed by atoms with Crippen molar-refractivity contribution in [2.75, 3.05) is 5.06 Å². The third kappa shape index (κ3) is 1.28. The van der Waals surface area contributed by atoms with Crippen LogP contribution in [0.15, 0.2) is 18.2 Å². The van der Waals surface area contributed by atoms with Crippen LogP contribution in [0.3, 0.4) is 0 Å². The minimum atomic E-state index is -0.689. The highest BCUT2D eigenvalue weighted by molar-refractivity contribution is 6.34. The molecule has 4 nitrogen and oxygen atoms in total. The Morgan fingerprint density at radius 1 is 1.57 bits per heavy atom. The van der Waals surface area contributed by atoms with Crippen LogP contribution in [0.25, 0.3) is 0 Å². The van der Waals surface area contributed by atoms with Crippen molar-refractivity contribution >= 4 is 23.2 Å². The number of carbonyl (C=O) groups excluding carboxylic acids is 1. The first kappa shape index (κ1) is 9.45. The Morgan fingerprint density at radius 2 is 2.29 bits per heavy atom. The van der Waals surface area contributed by atoms with Gasteiger partial charge in [-0.25, -0.2) is 0 Å². The first-order valence-corrected chi connectivity index (χ1v) is 4.55. The Kier molecular flexibility index (Phi) is 2.19. The first-order valence-electron chi connectivity index (χ1n) is 4.17. The molecular weight excluding hydrogens is 204 g/mol. The van der Waals surface area contributed by atoms with E-state index in [9.17, 15) is 10.0 Å². The number of benzene rings is 1. The van der Waals surface area contributed by atoms with Gasteiger partial charge in [0, 0.05) is 0 Å². The lowest BCUT2D eigenvalue weighted by Gasteiger charge is -2.28. The third-order valence-electron chi connectivity index (χ3n) is 2.25. The van der Waals surface area contributed by atoms with E-state index in [1.807, 2.05) is 0 Å². The predicted molar refractivity (Wildman–Crippen MR) is 52.4 cm³/mol. The molecule has 1 heterocycles. The maximum atomic E-state index is 11.3. The number of fused-ring (bicyclic) bond motifs is 1. The molecule has 1 atom stereocenters. The fourth-order valence-corrected chi connectivity index (χ4v) is 1.83. The van der Waals surface area contributed by atoms with Crippen LogP contribution in [0, 0.1) is 0 Å². The molecule has 0 aromatic heterocycles. The second-order valence-electron chi connectivity index (χ2n) is 3.21. The molecule has 0 fully saturated rings. The molecule has 0 saturated heterocycles. The molecule has 1 aromatic carbocycles. The zero-order valence-corrected chi connectivity index (χ0v) is 8.03. The molecule has 1 aliphatic rings. The van der Waals surface area contributed by atoms with Crippen molar-refractivity contribution in [3.05, 3.63) is 28.8 Å². The number of amides is 1. The maximum absolute atomic E-state index is 11.3. The Hall–Kier alpha value is -1.10. The van der Waals surface area contributed by atoms with Crippen LogP contribution >= 0.6 is 11.6 Å². The highest BCUT2D eigenvalue weighted by atomic mass is 35.5. The number of nitrogens with two attached hydrogens (primary N) is 1. The van der Waals surface area contributed by atoms with Crippen molar-refractivity contribution in [1.29, 1.82) is 0 Å². The summed E-state index contributed by atoms with van der Waals surface area (Å²) in [5.74, 6) is -0.523. The van der Waals surface area contributed by atoms with E-state index in [4.69, 9.17) is 17.3 Å². The lowest BCUT2D eigenvalue weighted by molar-refractivity contribution is -0.125. The molecule has 1 aromatic rings. The van der Waals surface area contributed by atoms with Gasteiger partial charge in [0.15, 0.2) is 0 Å². The van der Waals surface area contributed by atoms with E-state index in [0.717, 1.165) is 5.56 Å². The smallest absolute Gasteiger partial charge is 0.267 e. The minimum absolute atomic E-state index is 0.348. The van der Waals surface area contributed by atoms with Crippen molar-refractivity contribution in [2.24, 2.45) is 5.73 Å². The fraction of sp³-hybridized carbons (Fsp3) is 0.222. The van der Waals surface area contributed by atoms with Crippen molar-refractivity contribution in [3.63, 3.8) is 0 Å². The fourth-order valence-electron chi connectivity index (χ4n) is 1.55. The number of anilines is 1. The summed E-state index contributed by atoms with van der Waals surface area (Å²) in [6.45, 7) is 0. The summed E-state index contributed by atoms with van der Waals surface area (Å²) in [6, 6.07) is 4.48. The van der Waals surface area contributed by atoms with Crippen LogP contribution in [0.4, 0.5) is 5.69 Å². The second-order valence-corrected chi connectivity index (χ2v) is 3.62. The van der Waals surface area contributed by atoms with Gasteiger partial charge < -0.3 is 5.73 Å². The molecule has 1 unspecified atom stereocenters. The summed E-state index contributed by atoms with van der Waals surface area (Å²) in [7, 11) is 0. The van der Waals surface area contributed by atoms with Gasteiger partial charge in [-0.05, 0) is 18.1 Å². The molecule has 2 rings (SSSR count). The van der Waals surface area contributed by atoms with Crippen LogP contribution < -0.4 is 10.8 Å². The van der Waals surface area contributed by atoms with Crippen molar-refractivity contribution in [3.8, 4) is 0 Å². The summed E-state index contributed by atoms with van der Waals surface area (Å²) in [5.41, 5.74) is 6.67. The number of halogens is 1. The number of hydrogen-bond donors (Lipinski definition) is 2. The van der Waals surface area contributed by atoms with Gasteiger partial charge in [0.25, 0.3) is 5.91 Å². The predicted octanol–water partition coefficient (Wildman–Crippen LogP) is 0.946. The average Bonchev–Trinajstić information content (AvgIpc) is 2.14. The molecule has 0 bridgehead atoms. The second kappa shape index (κ2) is 3.24. The number of carbonyl (C=O) groups is 1. The molecule has 5 heteroatoms. The standard InChI is InChI=1S/C9H9ClN2O2/c10-6-3-1-2-5-4-7(11)9(13)12(14)8(5)6/h1-3,7,14H,4,11H2. The Morgan fingerprint density at radius 3 is 3.00 bits per heavy atom. The summed E-state index contributed by atoms with van der Waals surface area (Å²) >= 11 is 5.86. The van der Waals surface area contributed by atoms with Gasteiger partial charge in [-0.1, -0.05) is 23.7 Å². The monoisotopic (exact) mass is 212 g/mol. The molecule has 0 saturated carbocycles. The van der Waals surface area contributed by atoms with Crippen LogP contribution in [0.5, 0.6) is 0 Å². The zero-order chi connectivity index (χ0) is 10.3. The van der Waals surface area contributed by atoms with E-state index in [0.29, 0.717) is 22.2 Å². The van der Waals surface area contributed by atoms with Gasteiger partial charge in [0.2, 0.25) is 0 Å². The van der Waals surface area contributed by atoms with E-state index < -0.39 is 11.9 Å². The number of hydroxylamine groups is 1. The molecule has 0 radical (unpaired) electrons. The molecule has 14 heavy (non-hydrogen) atoms. The van der Waals surface area contributed by atoms with Gasteiger partial charge in [-0.2, -0.15) is 5.06 Å². The van der Waals surface area contributed by atoms with E-state index >= 15 is 0 Å². The largest absolute Gasteiger partial charge is 0.320 e. The highest BCUT2D eigenvalue weighted by Gasteiger charge is 2.30. The molecule has 1 aliphatic heterocycles. The Balaban J connectivity index is 2.56. The van der Waals surface area contributed by atoms with E-state index in [-0.39, 0.29) is 0 Å². The van der Waals surface area contributed by atoms with Gasteiger partial charge in [-0.15, -0.1) is 0 Å². The van der Waals surface area contributed by atoms with Crippen molar-refractivity contribution in [2.45, 2.75) is 12.5 Å². The van der Waals surface area contributed by atoms with Gasteiger partial charge in [0.05, 0.1) is 16.8 Å². The lowest BCUT2D eigenvalue weighted by atomic mass is 9.99. The van der Waals surface area contributed by atoms with E-state index in [2.05, 4.69) is 0 Å². The summed E-state index contributed by atoms with van der Waals surface area (Å²) in [6.07, 6.45) is 0.409. The summed E-state index contributed by atoms with van der Waals surface area (Å²) in [5, 5.41) is 10.4. The summed E-state index contributed by atoms with van der Waals surface area (Å²) < 4.78 is 0. The van der Waals surface area contributed by atoms with E-state index in [1.54, 1.807) is 18.2 Å². The van der Waals surface area contributed by atoms with Crippen LogP contribution in [-0.4, -0.2) is 17.2 Å². The van der Waals surface area contributed by atoms with E-state index in [1.165, 1.54) is 0 Å². The number of rotatable bonds is 0. The zero-order valence-electron chi connectivity index (χ0n) is 7.27. The number of nitrogens with zero attached hydrogens (tertiary/aromatic N) is 1. The number of para-hydroxylation sites is 1. The molecular formula is C9H9ClN2O2. The van der Waals surface area contributed by atoms with Crippen LogP contribution in [0.2, 0.25) is 5.02 Å². The Bertz CT molecular complexity index is 394. The van der Waals surface area contributed by atoms with Gasteiger partial charge in [-0.3, -0.25) is 10.0 Å². The minimum Gasteiger partial charge on any atom is -0.320 e. The maximum Gasteiger partial charge on any atom is 0.267 e. The molecule has 74 valence electrons. The third-order valence-corrected chi connectivity index (χ3v) is 2.55. The van der Waals surface area contributed by atoms with Gasteiger partial charge in [0.1, 0.15) is 0 Å². The average molecular weight is 213 g/mol. The first-order chi connectivity index (χ1) is 6.61. The molecule has 0 aliphatic carbocycles. The summed E-state index contributed by atoms with van der Waals surface area (Å²) in [4.78, 5) is 11.3. The van der Waals surface area contributed by atoms with Gasteiger partial charge >= 0.3 is 0 Å². The Labute approximate surface area is 85.8 Å². The van der Waals surface area contributed by atoms with Crippen molar-refractivity contribution in [1.82, 2.24) is 0 Å². The lowest BCUT2D eigenvalue weighted by Crippen LogP contribution is -2.47. The SMILES string of the molecule is NC1Cc2cccc(Cl)c2N(O)C1=O. The molecule has 1 amide bonds. The molecule has 3 N–H and O–H groups in total. The van der Waals surface area contributed by atoms with Crippen molar-refractivity contribution < 1.29 is 10.0 Å².